The molecule has 0 aliphatic carbocycles. The van der Waals surface area contributed by atoms with Crippen molar-refractivity contribution >= 4 is 17.3 Å². The van der Waals surface area contributed by atoms with Crippen LogP contribution in [0, 0.1) is 13.5 Å². The summed E-state index contributed by atoms with van der Waals surface area (Å²) in [7, 11) is 0. The molecule has 1 aromatic carbocycles. The average molecular weight is 152 g/mol. The molecule has 0 aliphatic rings. The second-order valence-electron chi connectivity index (χ2n) is 2.02. The van der Waals surface area contributed by atoms with E-state index >= 15 is 0 Å². The molecule has 10 heavy (non-hydrogen) atoms. The van der Waals surface area contributed by atoms with Crippen LogP contribution in [-0.2, 0) is 0 Å². The predicted molar refractivity (Wildman–Crippen MR) is 42.5 cm³/mol. The normalized spacial score (nSPS) is 8.90. The van der Waals surface area contributed by atoms with Gasteiger partial charge in [-0.3, -0.25) is 0 Å². The van der Waals surface area contributed by atoms with Gasteiger partial charge in [0, 0.05) is 5.02 Å². The maximum absolute atomic E-state index is 6.72. The van der Waals surface area contributed by atoms with Gasteiger partial charge < -0.3 is 0 Å². The molecule has 0 aromatic heterocycles. The van der Waals surface area contributed by atoms with Crippen LogP contribution in [0.2, 0.25) is 5.02 Å². The molecule has 2 heteroatoms. The molecule has 0 N–H and O–H groups in total. The summed E-state index contributed by atoms with van der Waals surface area (Å²) in [5.41, 5.74) is 1.48. The largest absolute Gasteiger partial charge is 0.237 e. The molecule has 50 valence electrons. The Bertz CT molecular complexity index is 286. The lowest BCUT2D eigenvalue weighted by molar-refractivity contribution is 1.48. The van der Waals surface area contributed by atoms with Gasteiger partial charge in [-0.25, -0.2) is 4.85 Å². The first-order chi connectivity index (χ1) is 4.75. The van der Waals surface area contributed by atoms with E-state index < -0.39 is 0 Å². The highest BCUT2D eigenvalue weighted by atomic mass is 35.5. The topological polar surface area (TPSA) is 4.36 Å². The van der Waals surface area contributed by atoms with Crippen LogP contribution in [0.4, 0.5) is 5.69 Å². The van der Waals surface area contributed by atoms with Crippen LogP contribution < -0.4 is 0 Å². The predicted octanol–water partition coefficient (Wildman–Crippen LogP) is 3.20. The Morgan fingerprint density at radius 2 is 2.20 bits per heavy atom. The van der Waals surface area contributed by atoms with E-state index in [1.807, 2.05) is 19.1 Å². The van der Waals surface area contributed by atoms with Gasteiger partial charge in [-0.05, 0) is 12.5 Å². The fourth-order valence-electron chi connectivity index (χ4n) is 0.718. The zero-order valence-corrected chi connectivity index (χ0v) is 6.31. The molecular formula is C8H6ClN. The molecule has 0 heterocycles. The standard InChI is InChI=1S/C8H6ClN/c1-6-4-3-5-7(10-2)8(6)9/h3-5H,1H3. The Morgan fingerprint density at radius 1 is 1.50 bits per heavy atom. The Hall–Kier alpha value is -1.00. The average Bonchev–Trinajstić information content (AvgIpc) is 1.95. The fourth-order valence-corrected chi connectivity index (χ4v) is 0.887. The van der Waals surface area contributed by atoms with E-state index in [0.717, 1.165) is 5.56 Å². The lowest BCUT2D eigenvalue weighted by Crippen LogP contribution is -1.71. The summed E-state index contributed by atoms with van der Waals surface area (Å²) in [6.45, 7) is 8.61. The number of hydrogen-bond acceptors (Lipinski definition) is 0. The van der Waals surface area contributed by atoms with Gasteiger partial charge in [0.2, 0.25) is 5.69 Å². The lowest BCUT2D eigenvalue weighted by atomic mass is 10.2. The second kappa shape index (κ2) is 2.72. The summed E-state index contributed by atoms with van der Waals surface area (Å²) in [4.78, 5) is 3.25. The molecule has 0 fully saturated rings. The molecule has 1 aromatic rings. The summed E-state index contributed by atoms with van der Waals surface area (Å²) >= 11 is 5.78. The third kappa shape index (κ3) is 1.12. The first-order valence-corrected chi connectivity index (χ1v) is 3.26. The van der Waals surface area contributed by atoms with E-state index in [2.05, 4.69) is 4.85 Å². The maximum Gasteiger partial charge on any atom is 0.205 e. The Balaban J connectivity index is 3.31. The van der Waals surface area contributed by atoms with Crippen molar-refractivity contribution in [2.75, 3.05) is 0 Å². The highest BCUT2D eigenvalue weighted by molar-refractivity contribution is 6.34. The number of hydrogen-bond donors (Lipinski definition) is 0. The zero-order chi connectivity index (χ0) is 7.56. The smallest absolute Gasteiger partial charge is 0.205 e. The molecule has 0 atom stereocenters. The minimum Gasteiger partial charge on any atom is -0.237 e. The third-order valence-electron chi connectivity index (χ3n) is 1.29. The fraction of sp³-hybridized carbons (Fsp3) is 0.125. The van der Waals surface area contributed by atoms with Crippen LogP contribution >= 0.6 is 11.6 Å². The van der Waals surface area contributed by atoms with Crippen molar-refractivity contribution in [1.29, 1.82) is 0 Å². The van der Waals surface area contributed by atoms with Crippen LogP contribution in [0.1, 0.15) is 5.56 Å². The summed E-state index contributed by atoms with van der Waals surface area (Å²) in [6.07, 6.45) is 0. The van der Waals surface area contributed by atoms with Crippen LogP contribution in [-0.4, -0.2) is 0 Å². The van der Waals surface area contributed by atoms with E-state index in [4.69, 9.17) is 18.2 Å². The van der Waals surface area contributed by atoms with E-state index in [1.165, 1.54) is 0 Å². The van der Waals surface area contributed by atoms with E-state index in [1.54, 1.807) is 6.07 Å². The second-order valence-corrected chi connectivity index (χ2v) is 2.40. The number of benzene rings is 1. The minimum atomic E-state index is 0.529. The molecular weight excluding hydrogens is 146 g/mol. The van der Waals surface area contributed by atoms with Gasteiger partial charge in [0.25, 0.3) is 0 Å². The van der Waals surface area contributed by atoms with Crippen LogP contribution in [0.25, 0.3) is 4.85 Å². The molecule has 0 saturated heterocycles. The SMILES string of the molecule is [C-]#[N+]c1cccc(C)c1Cl. The molecule has 0 radical (unpaired) electrons. The number of nitrogens with zero attached hydrogens (tertiary/aromatic N) is 1. The zero-order valence-electron chi connectivity index (χ0n) is 5.56. The van der Waals surface area contributed by atoms with Crippen molar-refractivity contribution in [1.82, 2.24) is 0 Å². The molecule has 0 aliphatic heterocycles. The van der Waals surface area contributed by atoms with E-state index in [0.29, 0.717) is 10.7 Å². The van der Waals surface area contributed by atoms with Gasteiger partial charge in [0.05, 0.1) is 6.57 Å². The highest BCUT2D eigenvalue weighted by Crippen LogP contribution is 2.27. The molecule has 0 bridgehead atoms. The quantitative estimate of drug-likeness (QED) is 0.502. The number of halogens is 1. The van der Waals surface area contributed by atoms with Crippen molar-refractivity contribution < 1.29 is 0 Å². The van der Waals surface area contributed by atoms with Gasteiger partial charge in [-0.1, -0.05) is 29.8 Å². The van der Waals surface area contributed by atoms with Crippen molar-refractivity contribution in [3.05, 3.63) is 40.2 Å². The number of aryl methyl sites for hydroxylation is 1. The minimum absolute atomic E-state index is 0.529. The van der Waals surface area contributed by atoms with Gasteiger partial charge >= 0.3 is 0 Å². The summed E-state index contributed by atoms with van der Waals surface area (Å²) < 4.78 is 0. The maximum atomic E-state index is 6.72. The summed E-state index contributed by atoms with van der Waals surface area (Å²) in [5.74, 6) is 0. The first-order valence-electron chi connectivity index (χ1n) is 2.88. The Morgan fingerprint density at radius 3 is 2.70 bits per heavy atom. The molecule has 0 spiro atoms. The van der Waals surface area contributed by atoms with Crippen LogP contribution in [0.3, 0.4) is 0 Å². The number of rotatable bonds is 0. The van der Waals surface area contributed by atoms with E-state index in [-0.39, 0.29) is 0 Å². The van der Waals surface area contributed by atoms with Crippen LogP contribution in [0.5, 0.6) is 0 Å². The van der Waals surface area contributed by atoms with Gasteiger partial charge in [-0.2, -0.15) is 0 Å². The highest BCUT2D eigenvalue weighted by Gasteiger charge is 1.99. The van der Waals surface area contributed by atoms with Crippen LogP contribution in [0.15, 0.2) is 18.2 Å². The Kier molecular flexibility index (Phi) is 1.94. The van der Waals surface area contributed by atoms with E-state index in [9.17, 15) is 0 Å². The lowest BCUT2D eigenvalue weighted by Gasteiger charge is -1.96. The summed E-state index contributed by atoms with van der Waals surface area (Å²) in [6, 6.07) is 5.42. The molecule has 1 nitrogen and oxygen atoms in total. The molecule has 0 unspecified atom stereocenters. The van der Waals surface area contributed by atoms with Crippen molar-refractivity contribution in [2.45, 2.75) is 6.92 Å². The van der Waals surface area contributed by atoms with Crippen molar-refractivity contribution in [3.63, 3.8) is 0 Å². The first kappa shape index (κ1) is 7.11. The molecule has 0 amide bonds. The third-order valence-corrected chi connectivity index (χ3v) is 1.78. The molecule has 1 rings (SSSR count). The van der Waals surface area contributed by atoms with Gasteiger partial charge in [-0.15, -0.1) is 0 Å². The monoisotopic (exact) mass is 151 g/mol. The van der Waals surface area contributed by atoms with Gasteiger partial charge in [0.1, 0.15) is 0 Å². The summed E-state index contributed by atoms with van der Waals surface area (Å²) in [5, 5.41) is 0.567. The van der Waals surface area contributed by atoms with Crippen molar-refractivity contribution in [3.8, 4) is 0 Å². The molecule has 0 saturated carbocycles. The Labute approximate surface area is 65.1 Å². The van der Waals surface area contributed by atoms with Gasteiger partial charge in [0.15, 0.2) is 0 Å². The van der Waals surface area contributed by atoms with Crippen molar-refractivity contribution in [2.24, 2.45) is 0 Å².